The van der Waals surface area contributed by atoms with Gasteiger partial charge in [0.05, 0.1) is 33.0 Å². The Morgan fingerprint density at radius 2 is 1.38 bits per heavy atom. The molecule has 0 amide bonds. The predicted octanol–water partition coefficient (Wildman–Crippen LogP) is 1.83. The molecular weight excluding hydrogens is 312 g/mol. The van der Waals surface area contributed by atoms with Crippen molar-refractivity contribution in [2.75, 3.05) is 33.0 Å². The molecule has 0 aromatic heterocycles. The van der Waals surface area contributed by atoms with Crippen LogP contribution < -0.4 is 0 Å². The molecule has 1 fully saturated rings. The van der Waals surface area contributed by atoms with E-state index in [0.29, 0.717) is 6.61 Å². The average Bonchev–Trinajstić information content (AvgIpc) is 2.58. The number of rotatable bonds is 13. The largest absolute Gasteiger partial charge is 0.455 e. The summed E-state index contributed by atoms with van der Waals surface area (Å²) < 4.78 is 27.9. The highest BCUT2D eigenvalue weighted by Gasteiger charge is 2.48. The van der Waals surface area contributed by atoms with Gasteiger partial charge in [-0.25, -0.2) is 4.79 Å². The van der Waals surface area contributed by atoms with Crippen LogP contribution in [-0.2, 0) is 28.5 Å². The number of esters is 1. The minimum absolute atomic E-state index is 0.168. The third kappa shape index (κ3) is 6.05. The number of ether oxygens (including phenoxy) is 5. The van der Waals surface area contributed by atoms with E-state index in [1.165, 1.54) is 0 Å². The molecule has 0 radical (unpaired) electrons. The Morgan fingerprint density at radius 3 is 1.96 bits per heavy atom. The van der Waals surface area contributed by atoms with Crippen LogP contribution in [0, 0.1) is 0 Å². The molecule has 0 N–H and O–H groups in total. The molecule has 1 aliphatic rings. The number of carbonyl (C=O) groups is 1. The summed E-state index contributed by atoms with van der Waals surface area (Å²) in [5.74, 6) is -0.517. The van der Waals surface area contributed by atoms with Gasteiger partial charge in [0, 0.05) is 0 Å². The zero-order chi connectivity index (χ0) is 17.8. The molecule has 0 aromatic carbocycles. The molecule has 0 aliphatic carbocycles. The van der Waals surface area contributed by atoms with E-state index < -0.39 is 30.4 Å². The maximum Gasteiger partial charge on any atom is 0.338 e. The lowest BCUT2D eigenvalue weighted by Gasteiger charge is -2.40. The summed E-state index contributed by atoms with van der Waals surface area (Å²) in [6.07, 6.45) is 3.65. The first-order valence-electron chi connectivity index (χ1n) is 7.76. The second kappa shape index (κ2) is 11.8. The molecule has 0 bridgehead atoms. The summed E-state index contributed by atoms with van der Waals surface area (Å²) in [6, 6.07) is 0. The van der Waals surface area contributed by atoms with Crippen LogP contribution >= 0.6 is 0 Å². The molecule has 1 unspecified atom stereocenters. The molecule has 0 saturated carbocycles. The van der Waals surface area contributed by atoms with E-state index in [2.05, 4.69) is 26.3 Å². The Balaban J connectivity index is 2.94. The van der Waals surface area contributed by atoms with Gasteiger partial charge in [-0.1, -0.05) is 24.3 Å². The van der Waals surface area contributed by atoms with Crippen molar-refractivity contribution < 1.29 is 28.5 Å². The van der Waals surface area contributed by atoms with E-state index in [-0.39, 0.29) is 26.4 Å². The van der Waals surface area contributed by atoms with Gasteiger partial charge in [0.15, 0.2) is 12.2 Å². The van der Waals surface area contributed by atoms with Gasteiger partial charge in [0.1, 0.15) is 12.2 Å². The lowest BCUT2D eigenvalue weighted by molar-refractivity contribution is -0.228. The molecule has 134 valence electrons. The number of hydrogen-bond donors (Lipinski definition) is 0. The highest BCUT2D eigenvalue weighted by Crippen LogP contribution is 2.25. The molecule has 1 rings (SSSR count). The summed E-state index contributed by atoms with van der Waals surface area (Å²) in [7, 11) is 0. The van der Waals surface area contributed by atoms with E-state index in [1.807, 2.05) is 0 Å². The summed E-state index contributed by atoms with van der Waals surface area (Å²) >= 11 is 0. The standard InChI is InChI=1S/C18H26O6/c1-5-9-20-13-14-15(21-10-6-2)16(22-11-7-3)17(18(19)24-14)23-12-8-4/h5-8,14-17H,1-4,9-13H2/t14-,15?,16+,17-/m1/s1. The van der Waals surface area contributed by atoms with Gasteiger partial charge < -0.3 is 23.7 Å². The van der Waals surface area contributed by atoms with Crippen LogP contribution in [0.3, 0.4) is 0 Å². The fourth-order valence-corrected chi connectivity index (χ4v) is 2.27. The third-order valence-electron chi connectivity index (χ3n) is 3.21. The zero-order valence-corrected chi connectivity index (χ0v) is 13.9. The fourth-order valence-electron chi connectivity index (χ4n) is 2.27. The second-order valence-corrected chi connectivity index (χ2v) is 5.02. The van der Waals surface area contributed by atoms with E-state index in [4.69, 9.17) is 23.7 Å². The molecule has 0 spiro atoms. The van der Waals surface area contributed by atoms with Crippen LogP contribution in [-0.4, -0.2) is 63.4 Å². The smallest absolute Gasteiger partial charge is 0.338 e. The van der Waals surface area contributed by atoms with Gasteiger partial charge in [-0.05, 0) is 0 Å². The number of carbonyl (C=O) groups excluding carboxylic acids is 1. The van der Waals surface area contributed by atoms with Crippen LogP contribution in [0.1, 0.15) is 0 Å². The molecule has 24 heavy (non-hydrogen) atoms. The van der Waals surface area contributed by atoms with Crippen molar-refractivity contribution in [1.29, 1.82) is 0 Å². The molecule has 1 heterocycles. The minimum Gasteiger partial charge on any atom is -0.455 e. The topological polar surface area (TPSA) is 63.2 Å². The Kier molecular flexibility index (Phi) is 9.95. The van der Waals surface area contributed by atoms with Crippen molar-refractivity contribution in [3.05, 3.63) is 50.6 Å². The quantitative estimate of drug-likeness (QED) is 0.290. The molecule has 1 saturated heterocycles. The first kappa shape index (κ1) is 20.3. The van der Waals surface area contributed by atoms with Crippen molar-refractivity contribution in [2.24, 2.45) is 0 Å². The van der Waals surface area contributed by atoms with Gasteiger partial charge in [0.2, 0.25) is 0 Å². The molecular formula is C18H26O6. The van der Waals surface area contributed by atoms with Gasteiger partial charge in [-0.3, -0.25) is 0 Å². The van der Waals surface area contributed by atoms with Crippen LogP contribution in [0.4, 0.5) is 0 Å². The predicted molar refractivity (Wildman–Crippen MR) is 90.7 cm³/mol. The average molecular weight is 338 g/mol. The van der Waals surface area contributed by atoms with E-state index in [9.17, 15) is 4.79 Å². The molecule has 6 heteroatoms. The number of cyclic esters (lactones) is 1. The highest BCUT2D eigenvalue weighted by atomic mass is 16.6. The van der Waals surface area contributed by atoms with Gasteiger partial charge in [0.25, 0.3) is 0 Å². The SMILES string of the molecule is C=CCOC[C@H]1OC(=O)[C@H](OCC=C)[C@@H](OCC=C)C1OCC=C. The van der Waals surface area contributed by atoms with E-state index in [1.54, 1.807) is 24.3 Å². The first-order valence-corrected chi connectivity index (χ1v) is 7.76. The summed E-state index contributed by atoms with van der Waals surface area (Å²) in [4.78, 5) is 12.3. The van der Waals surface area contributed by atoms with Crippen molar-refractivity contribution in [2.45, 2.75) is 24.4 Å². The Labute approximate surface area is 143 Å². The van der Waals surface area contributed by atoms with E-state index in [0.717, 1.165) is 0 Å². The Morgan fingerprint density at radius 1 is 0.833 bits per heavy atom. The van der Waals surface area contributed by atoms with Crippen LogP contribution in [0.15, 0.2) is 50.6 Å². The third-order valence-corrected chi connectivity index (χ3v) is 3.21. The fraction of sp³-hybridized carbons (Fsp3) is 0.500. The number of hydrogen-bond acceptors (Lipinski definition) is 6. The lowest BCUT2D eigenvalue weighted by atomic mass is 9.99. The maximum absolute atomic E-state index is 12.3. The Hall–Kier alpha value is -1.73. The molecule has 0 aromatic rings. The maximum atomic E-state index is 12.3. The van der Waals surface area contributed by atoms with Crippen molar-refractivity contribution in [3.63, 3.8) is 0 Å². The molecule has 1 aliphatic heterocycles. The second-order valence-electron chi connectivity index (χ2n) is 5.02. The Bertz CT molecular complexity index is 433. The molecule has 4 atom stereocenters. The molecule has 6 nitrogen and oxygen atoms in total. The van der Waals surface area contributed by atoms with Crippen molar-refractivity contribution >= 4 is 5.97 Å². The zero-order valence-electron chi connectivity index (χ0n) is 13.9. The van der Waals surface area contributed by atoms with Crippen molar-refractivity contribution in [3.8, 4) is 0 Å². The van der Waals surface area contributed by atoms with Gasteiger partial charge in [-0.2, -0.15) is 0 Å². The first-order chi connectivity index (χ1) is 11.7. The summed E-state index contributed by atoms with van der Waals surface area (Å²) in [5, 5.41) is 0. The monoisotopic (exact) mass is 338 g/mol. The summed E-state index contributed by atoms with van der Waals surface area (Å²) in [5.41, 5.74) is 0. The van der Waals surface area contributed by atoms with Crippen LogP contribution in [0.25, 0.3) is 0 Å². The van der Waals surface area contributed by atoms with Gasteiger partial charge >= 0.3 is 5.97 Å². The van der Waals surface area contributed by atoms with Gasteiger partial charge in [-0.15, -0.1) is 26.3 Å². The summed E-state index contributed by atoms with van der Waals surface area (Å²) in [6.45, 7) is 15.7. The van der Waals surface area contributed by atoms with Crippen LogP contribution in [0.2, 0.25) is 0 Å². The minimum atomic E-state index is -0.909. The lowest BCUT2D eigenvalue weighted by Crippen LogP contribution is -2.59. The van der Waals surface area contributed by atoms with Crippen molar-refractivity contribution in [1.82, 2.24) is 0 Å². The van der Waals surface area contributed by atoms with Crippen LogP contribution in [0.5, 0.6) is 0 Å². The highest BCUT2D eigenvalue weighted by molar-refractivity contribution is 5.77. The normalized spacial score (nSPS) is 26.4. The van der Waals surface area contributed by atoms with E-state index >= 15 is 0 Å².